The van der Waals surface area contributed by atoms with Crippen molar-refractivity contribution in [3.63, 3.8) is 0 Å². The first-order valence-corrected chi connectivity index (χ1v) is 8.72. The lowest BCUT2D eigenvalue weighted by Gasteiger charge is -2.21. The summed E-state index contributed by atoms with van der Waals surface area (Å²) in [6, 6.07) is 13.5. The van der Waals surface area contributed by atoms with Crippen molar-refractivity contribution in [3.05, 3.63) is 53.6 Å². The summed E-state index contributed by atoms with van der Waals surface area (Å²) in [7, 11) is 4.89. The van der Waals surface area contributed by atoms with Crippen molar-refractivity contribution >= 4 is 5.91 Å². The molecule has 0 saturated heterocycles. The molecule has 0 bridgehead atoms. The number of benzene rings is 2. The molecule has 0 saturated carbocycles. The quantitative estimate of drug-likeness (QED) is 0.687. The molecular weight excluding hydrogens is 330 g/mol. The molecule has 2 rings (SSSR count). The second kappa shape index (κ2) is 9.70. The molecule has 2 aromatic rings. The Labute approximate surface area is 155 Å². The van der Waals surface area contributed by atoms with Crippen LogP contribution in [0.25, 0.3) is 0 Å². The number of carbonyl (C=O) groups is 1. The summed E-state index contributed by atoms with van der Waals surface area (Å²) in [5, 5.41) is 0. The number of rotatable bonds is 9. The summed E-state index contributed by atoms with van der Waals surface area (Å²) < 4.78 is 15.7. The van der Waals surface area contributed by atoms with E-state index in [4.69, 9.17) is 14.2 Å². The summed E-state index contributed by atoms with van der Waals surface area (Å²) in [5.74, 6) is 2.41. The number of hydrogen-bond acceptors (Lipinski definition) is 4. The van der Waals surface area contributed by atoms with Gasteiger partial charge in [-0.1, -0.05) is 12.1 Å². The Morgan fingerprint density at radius 1 is 0.846 bits per heavy atom. The standard InChI is InChI=1S/C21H27NO4/c1-5-22(15-16-6-9-18(24-2)10-7-16)21(23)11-8-17-12-19(25-3)14-20(13-17)26-4/h6-7,9-10,12-14H,5,8,11,15H2,1-4H3. The van der Waals surface area contributed by atoms with E-state index >= 15 is 0 Å². The molecule has 1 amide bonds. The first-order chi connectivity index (χ1) is 12.6. The lowest BCUT2D eigenvalue weighted by atomic mass is 10.1. The van der Waals surface area contributed by atoms with Crippen LogP contribution in [-0.2, 0) is 17.8 Å². The molecule has 5 heteroatoms. The van der Waals surface area contributed by atoms with Crippen LogP contribution in [0.15, 0.2) is 42.5 Å². The Hall–Kier alpha value is -2.69. The van der Waals surface area contributed by atoms with Crippen molar-refractivity contribution in [2.75, 3.05) is 27.9 Å². The molecule has 0 aliphatic carbocycles. The number of carbonyl (C=O) groups excluding carboxylic acids is 1. The maximum absolute atomic E-state index is 12.6. The van der Waals surface area contributed by atoms with Crippen molar-refractivity contribution in [1.82, 2.24) is 4.90 Å². The van der Waals surface area contributed by atoms with Crippen LogP contribution in [0.2, 0.25) is 0 Å². The fourth-order valence-corrected chi connectivity index (χ4v) is 2.75. The number of amides is 1. The van der Waals surface area contributed by atoms with Crippen LogP contribution in [0, 0.1) is 0 Å². The number of hydrogen-bond donors (Lipinski definition) is 0. The number of aryl methyl sites for hydroxylation is 1. The van der Waals surface area contributed by atoms with Crippen LogP contribution in [0.3, 0.4) is 0 Å². The van der Waals surface area contributed by atoms with E-state index < -0.39 is 0 Å². The van der Waals surface area contributed by atoms with Crippen LogP contribution >= 0.6 is 0 Å². The van der Waals surface area contributed by atoms with Crippen molar-refractivity contribution in [1.29, 1.82) is 0 Å². The minimum Gasteiger partial charge on any atom is -0.497 e. The molecule has 0 unspecified atom stereocenters. The van der Waals surface area contributed by atoms with Gasteiger partial charge in [-0.25, -0.2) is 0 Å². The van der Waals surface area contributed by atoms with Gasteiger partial charge >= 0.3 is 0 Å². The van der Waals surface area contributed by atoms with Gasteiger partial charge in [-0.2, -0.15) is 0 Å². The average Bonchev–Trinajstić information content (AvgIpc) is 2.70. The third-order valence-corrected chi connectivity index (χ3v) is 4.31. The highest BCUT2D eigenvalue weighted by atomic mass is 16.5. The smallest absolute Gasteiger partial charge is 0.223 e. The van der Waals surface area contributed by atoms with E-state index in [9.17, 15) is 4.79 Å². The van der Waals surface area contributed by atoms with E-state index in [0.29, 0.717) is 25.9 Å². The van der Waals surface area contributed by atoms with Gasteiger partial charge in [-0.05, 0) is 48.7 Å². The predicted molar refractivity (Wildman–Crippen MR) is 102 cm³/mol. The molecule has 140 valence electrons. The van der Waals surface area contributed by atoms with Crippen LogP contribution in [0.1, 0.15) is 24.5 Å². The molecule has 0 radical (unpaired) electrons. The van der Waals surface area contributed by atoms with Gasteiger partial charge < -0.3 is 19.1 Å². The summed E-state index contributed by atoms with van der Waals surface area (Å²) in [4.78, 5) is 14.5. The average molecular weight is 357 g/mol. The monoisotopic (exact) mass is 357 g/mol. The van der Waals surface area contributed by atoms with E-state index in [1.54, 1.807) is 21.3 Å². The maximum atomic E-state index is 12.6. The van der Waals surface area contributed by atoms with Crippen molar-refractivity contribution in [2.24, 2.45) is 0 Å². The third kappa shape index (κ3) is 5.41. The van der Waals surface area contributed by atoms with Gasteiger partial charge in [-0.15, -0.1) is 0 Å². The molecule has 0 spiro atoms. The van der Waals surface area contributed by atoms with E-state index in [2.05, 4.69) is 0 Å². The molecule has 0 N–H and O–H groups in total. The highest BCUT2D eigenvalue weighted by molar-refractivity contribution is 5.76. The SMILES string of the molecule is CCN(Cc1ccc(OC)cc1)C(=O)CCc1cc(OC)cc(OC)c1. The summed E-state index contributed by atoms with van der Waals surface area (Å²) in [6.07, 6.45) is 1.09. The molecule has 26 heavy (non-hydrogen) atoms. The molecule has 0 heterocycles. The lowest BCUT2D eigenvalue weighted by molar-refractivity contribution is -0.131. The van der Waals surface area contributed by atoms with Gasteiger partial charge in [-0.3, -0.25) is 4.79 Å². The van der Waals surface area contributed by atoms with E-state index in [-0.39, 0.29) is 5.91 Å². The normalized spacial score (nSPS) is 10.3. The molecule has 0 fully saturated rings. The molecule has 5 nitrogen and oxygen atoms in total. The van der Waals surface area contributed by atoms with Gasteiger partial charge in [0.25, 0.3) is 0 Å². The highest BCUT2D eigenvalue weighted by Gasteiger charge is 2.13. The molecule has 0 atom stereocenters. The topological polar surface area (TPSA) is 48.0 Å². The van der Waals surface area contributed by atoms with Crippen LogP contribution in [0.5, 0.6) is 17.2 Å². The van der Waals surface area contributed by atoms with Crippen LogP contribution < -0.4 is 14.2 Å². The van der Waals surface area contributed by atoms with Gasteiger partial charge in [0.05, 0.1) is 21.3 Å². The molecular formula is C21H27NO4. The summed E-state index contributed by atoms with van der Waals surface area (Å²) in [5.41, 5.74) is 2.11. The van der Waals surface area contributed by atoms with E-state index in [1.807, 2.05) is 54.3 Å². The van der Waals surface area contributed by atoms with E-state index in [0.717, 1.165) is 28.4 Å². The second-order valence-corrected chi connectivity index (χ2v) is 5.98. The molecule has 0 aromatic heterocycles. The van der Waals surface area contributed by atoms with Crippen LogP contribution in [0.4, 0.5) is 0 Å². The summed E-state index contributed by atoms with van der Waals surface area (Å²) in [6.45, 7) is 3.27. The first kappa shape index (κ1) is 19.6. The van der Waals surface area contributed by atoms with Crippen molar-refractivity contribution in [2.45, 2.75) is 26.3 Å². The zero-order valence-electron chi connectivity index (χ0n) is 16.0. The fourth-order valence-electron chi connectivity index (χ4n) is 2.75. The van der Waals surface area contributed by atoms with Crippen molar-refractivity contribution in [3.8, 4) is 17.2 Å². The van der Waals surface area contributed by atoms with Gasteiger partial charge in [0.1, 0.15) is 17.2 Å². The number of nitrogens with zero attached hydrogens (tertiary/aromatic N) is 1. The number of ether oxygens (including phenoxy) is 3. The maximum Gasteiger partial charge on any atom is 0.223 e. The Morgan fingerprint density at radius 3 is 1.92 bits per heavy atom. The molecule has 0 aliphatic rings. The Bertz CT molecular complexity index is 690. The minimum atomic E-state index is 0.130. The van der Waals surface area contributed by atoms with Gasteiger partial charge in [0.15, 0.2) is 0 Å². The minimum absolute atomic E-state index is 0.130. The predicted octanol–water partition coefficient (Wildman–Crippen LogP) is 3.69. The van der Waals surface area contributed by atoms with Gasteiger partial charge in [0.2, 0.25) is 5.91 Å². The molecule has 2 aromatic carbocycles. The Balaban J connectivity index is 1.98. The number of methoxy groups -OCH3 is 3. The highest BCUT2D eigenvalue weighted by Crippen LogP contribution is 2.23. The largest absolute Gasteiger partial charge is 0.497 e. The van der Waals surface area contributed by atoms with Crippen molar-refractivity contribution < 1.29 is 19.0 Å². The second-order valence-electron chi connectivity index (χ2n) is 5.98. The fraction of sp³-hybridized carbons (Fsp3) is 0.381. The zero-order chi connectivity index (χ0) is 18.9. The van der Waals surface area contributed by atoms with E-state index in [1.165, 1.54) is 0 Å². The zero-order valence-corrected chi connectivity index (χ0v) is 16.0. The summed E-state index contributed by atoms with van der Waals surface area (Å²) >= 11 is 0. The Kier molecular flexibility index (Phi) is 7.33. The molecule has 0 aliphatic heterocycles. The lowest BCUT2D eigenvalue weighted by Crippen LogP contribution is -2.30. The third-order valence-electron chi connectivity index (χ3n) is 4.31. The first-order valence-electron chi connectivity index (χ1n) is 8.72. The van der Waals surface area contributed by atoms with Gasteiger partial charge in [0, 0.05) is 25.6 Å². The van der Waals surface area contributed by atoms with Crippen LogP contribution in [-0.4, -0.2) is 38.7 Å². The Morgan fingerprint density at radius 2 is 1.42 bits per heavy atom.